The number of thiol groups is 1. The first-order valence-electron chi connectivity index (χ1n) is 8.97. The second-order valence-corrected chi connectivity index (χ2v) is 7.32. The second kappa shape index (κ2) is 8.10. The zero-order chi connectivity index (χ0) is 20.3. The predicted octanol–water partition coefficient (Wildman–Crippen LogP) is 1.86. The lowest BCUT2D eigenvalue weighted by atomic mass is 9.92. The molecule has 2 heterocycles. The minimum Gasteiger partial charge on any atom is -0.468 e. The number of carbonyl (C=O) groups is 1. The summed E-state index contributed by atoms with van der Waals surface area (Å²) < 4.78 is 12.8. The summed E-state index contributed by atoms with van der Waals surface area (Å²) in [5.41, 5.74) is 3.94. The van der Waals surface area contributed by atoms with Gasteiger partial charge in [0, 0.05) is 0 Å². The van der Waals surface area contributed by atoms with Gasteiger partial charge in [0.25, 0.3) is 0 Å². The lowest BCUT2D eigenvalue weighted by Crippen LogP contribution is -2.35. The molecular weight excluding hydrogens is 392 g/mol. The maximum absolute atomic E-state index is 12.4. The number of nitrogens with zero attached hydrogens (tertiary/aromatic N) is 5. The van der Waals surface area contributed by atoms with Gasteiger partial charge < -0.3 is 9.47 Å². The lowest BCUT2D eigenvalue weighted by molar-refractivity contribution is -0.131. The first-order valence-corrected chi connectivity index (χ1v) is 9.42. The van der Waals surface area contributed by atoms with Crippen LogP contribution in [-0.2, 0) is 9.53 Å². The van der Waals surface area contributed by atoms with Crippen LogP contribution in [0.2, 0.25) is 0 Å². The van der Waals surface area contributed by atoms with Crippen LogP contribution in [0.25, 0.3) is 5.69 Å². The van der Waals surface area contributed by atoms with Crippen molar-refractivity contribution in [2.45, 2.75) is 12.1 Å². The van der Waals surface area contributed by atoms with Crippen molar-refractivity contribution in [2.24, 2.45) is 5.41 Å². The van der Waals surface area contributed by atoms with Gasteiger partial charge in [0.15, 0.2) is 6.79 Å². The number of nitrogens with one attached hydrogen (secondary N) is 1. The molecule has 10 heteroatoms. The summed E-state index contributed by atoms with van der Waals surface area (Å²) in [6.45, 7) is 2.67. The Labute approximate surface area is 173 Å². The number of hydrazine groups is 1. The minimum absolute atomic E-state index is 0.0379. The number of ether oxygens (including phenoxy) is 2. The molecule has 1 atom stereocenters. The molecule has 29 heavy (non-hydrogen) atoms. The maximum Gasteiger partial charge on any atom is 0.248 e. The fraction of sp³-hybridized carbons (Fsp3) is 0.263. The molecule has 0 bridgehead atoms. The van der Waals surface area contributed by atoms with Gasteiger partial charge >= 0.3 is 0 Å². The van der Waals surface area contributed by atoms with Gasteiger partial charge in [-0.1, -0.05) is 18.2 Å². The van der Waals surface area contributed by atoms with E-state index in [9.17, 15) is 4.79 Å². The van der Waals surface area contributed by atoms with Gasteiger partial charge in [-0.15, -0.1) is 17.7 Å². The Bertz CT molecular complexity index is 981. The Balaban J connectivity index is 1.28. The van der Waals surface area contributed by atoms with Gasteiger partial charge in [-0.2, -0.15) is 4.68 Å². The molecule has 1 unspecified atom stereocenters. The second-order valence-electron chi connectivity index (χ2n) is 6.92. The van der Waals surface area contributed by atoms with Crippen molar-refractivity contribution in [3.63, 3.8) is 0 Å². The van der Waals surface area contributed by atoms with Crippen LogP contribution in [0.15, 0.2) is 59.8 Å². The van der Waals surface area contributed by atoms with Crippen molar-refractivity contribution in [2.75, 3.05) is 25.0 Å². The van der Waals surface area contributed by atoms with Crippen LogP contribution >= 0.6 is 12.6 Å². The summed E-state index contributed by atoms with van der Waals surface area (Å²) in [6, 6.07) is 16.9. The van der Waals surface area contributed by atoms with Crippen molar-refractivity contribution in [1.29, 1.82) is 0 Å². The first kappa shape index (κ1) is 19.2. The van der Waals surface area contributed by atoms with E-state index in [1.54, 1.807) is 12.1 Å². The standard InChI is InChI=1S/C19H20N6O3S/c1-19(11-24(21-17(19)26)14-5-3-2-4-6-14)12-27-13-28-16-9-7-15(8-10-16)25-18(29)20-22-23-25/h2-10H,11-13H2,1H3,(H,21,26)(H,20,23,29). The topological polar surface area (TPSA) is 94.4 Å². The average Bonchev–Trinajstić information content (AvgIpc) is 3.30. The molecule has 1 fully saturated rings. The van der Waals surface area contributed by atoms with Gasteiger partial charge in [0.05, 0.1) is 29.9 Å². The largest absolute Gasteiger partial charge is 0.468 e. The molecular formula is C19H20N6O3S. The Morgan fingerprint density at radius 3 is 2.59 bits per heavy atom. The van der Waals surface area contributed by atoms with Crippen molar-refractivity contribution in [3.05, 3.63) is 54.6 Å². The Morgan fingerprint density at radius 1 is 1.14 bits per heavy atom. The van der Waals surface area contributed by atoms with Crippen LogP contribution in [0.1, 0.15) is 6.92 Å². The van der Waals surface area contributed by atoms with Crippen molar-refractivity contribution in [1.82, 2.24) is 25.6 Å². The van der Waals surface area contributed by atoms with Gasteiger partial charge in [0.2, 0.25) is 11.1 Å². The monoisotopic (exact) mass is 412 g/mol. The van der Waals surface area contributed by atoms with Gasteiger partial charge in [-0.05, 0) is 53.7 Å². The smallest absolute Gasteiger partial charge is 0.248 e. The van der Waals surface area contributed by atoms with Crippen molar-refractivity contribution < 1.29 is 14.3 Å². The molecule has 2 aromatic carbocycles. The number of tetrazole rings is 1. The summed E-state index contributed by atoms with van der Waals surface area (Å²) in [4.78, 5) is 12.4. The molecule has 3 aromatic rings. The van der Waals surface area contributed by atoms with Crippen molar-refractivity contribution in [3.8, 4) is 11.4 Å². The van der Waals surface area contributed by atoms with Crippen LogP contribution < -0.4 is 15.2 Å². The van der Waals surface area contributed by atoms with Gasteiger partial charge in [-0.3, -0.25) is 15.2 Å². The number of hydrogen-bond donors (Lipinski definition) is 2. The van der Waals surface area contributed by atoms with Gasteiger partial charge in [0.1, 0.15) is 5.75 Å². The molecule has 1 aliphatic heterocycles. The number of hydrogen-bond acceptors (Lipinski definition) is 8. The molecule has 0 aliphatic carbocycles. The van der Waals surface area contributed by atoms with Crippen LogP contribution in [0.5, 0.6) is 5.75 Å². The molecule has 4 rings (SSSR count). The summed E-state index contributed by atoms with van der Waals surface area (Å²) in [5.74, 6) is 0.559. The fourth-order valence-electron chi connectivity index (χ4n) is 3.00. The van der Waals surface area contributed by atoms with Gasteiger partial charge in [-0.25, -0.2) is 0 Å². The number of aromatic nitrogens is 4. The van der Waals surface area contributed by atoms with Crippen LogP contribution in [0, 0.1) is 5.41 Å². The third-order valence-electron chi connectivity index (χ3n) is 4.62. The van der Waals surface area contributed by atoms with Crippen LogP contribution in [0.4, 0.5) is 5.69 Å². The van der Waals surface area contributed by atoms with Crippen LogP contribution in [0.3, 0.4) is 0 Å². The van der Waals surface area contributed by atoms with E-state index in [0.717, 1.165) is 11.4 Å². The Morgan fingerprint density at radius 2 is 1.90 bits per heavy atom. The highest BCUT2D eigenvalue weighted by molar-refractivity contribution is 7.80. The first-order chi connectivity index (χ1) is 14.0. The minimum atomic E-state index is -0.661. The number of carbonyl (C=O) groups excluding carboxylic acids is 1. The molecule has 1 aromatic heterocycles. The lowest BCUT2D eigenvalue weighted by Gasteiger charge is -2.21. The quantitative estimate of drug-likeness (QED) is 0.347. The summed E-state index contributed by atoms with van der Waals surface area (Å²) >= 11 is 4.18. The molecule has 0 saturated carbocycles. The SMILES string of the molecule is CC1(COCOc2ccc(-n3nnnc3S)cc2)CN(c2ccccc2)NC1=O. The van der Waals surface area contributed by atoms with Crippen molar-refractivity contribution >= 4 is 24.2 Å². The van der Waals surface area contributed by atoms with E-state index >= 15 is 0 Å². The van der Waals surface area contributed by atoms with E-state index in [1.807, 2.05) is 54.4 Å². The number of benzene rings is 2. The summed E-state index contributed by atoms with van der Waals surface area (Å²) in [6.07, 6.45) is 0. The number of para-hydroxylation sites is 1. The van der Waals surface area contributed by atoms with E-state index < -0.39 is 5.41 Å². The highest BCUT2D eigenvalue weighted by Gasteiger charge is 2.42. The molecule has 1 saturated heterocycles. The predicted molar refractivity (Wildman–Crippen MR) is 108 cm³/mol. The van der Waals surface area contributed by atoms with Crippen LogP contribution in [-0.4, -0.2) is 46.1 Å². The molecule has 0 radical (unpaired) electrons. The zero-order valence-corrected chi connectivity index (χ0v) is 16.6. The number of rotatable bonds is 7. The molecule has 0 spiro atoms. The fourth-order valence-corrected chi connectivity index (χ4v) is 3.20. The van der Waals surface area contributed by atoms with E-state index in [-0.39, 0.29) is 19.3 Å². The Hall–Kier alpha value is -3.11. The molecule has 150 valence electrons. The van der Waals surface area contributed by atoms with E-state index in [4.69, 9.17) is 9.47 Å². The summed E-state index contributed by atoms with van der Waals surface area (Å²) in [7, 11) is 0. The zero-order valence-electron chi connectivity index (χ0n) is 15.7. The molecule has 9 nitrogen and oxygen atoms in total. The molecule has 1 amide bonds. The normalized spacial score (nSPS) is 18.7. The third kappa shape index (κ3) is 4.17. The number of anilines is 1. The van der Waals surface area contributed by atoms with E-state index in [1.165, 1.54) is 4.68 Å². The highest BCUT2D eigenvalue weighted by atomic mass is 32.1. The van der Waals surface area contributed by atoms with E-state index in [0.29, 0.717) is 17.5 Å². The number of amides is 1. The third-order valence-corrected chi connectivity index (χ3v) is 4.90. The van der Waals surface area contributed by atoms with E-state index in [2.05, 4.69) is 33.6 Å². The summed E-state index contributed by atoms with van der Waals surface area (Å²) in [5, 5.41) is 13.4. The maximum atomic E-state index is 12.4. The average molecular weight is 412 g/mol. The molecule has 1 aliphatic rings. The molecule has 1 N–H and O–H groups in total. The highest BCUT2D eigenvalue weighted by Crippen LogP contribution is 2.28. The Kier molecular flexibility index (Phi) is 5.36.